The van der Waals surface area contributed by atoms with Crippen LogP contribution in [0, 0.1) is 0 Å². The fourth-order valence-corrected chi connectivity index (χ4v) is 3.47. The van der Waals surface area contributed by atoms with Crippen LogP contribution in [0.3, 0.4) is 0 Å². The van der Waals surface area contributed by atoms with Gasteiger partial charge in [-0.3, -0.25) is 0 Å². The van der Waals surface area contributed by atoms with Gasteiger partial charge in [-0.05, 0) is 46.5 Å². The van der Waals surface area contributed by atoms with E-state index in [1.165, 1.54) is 12.8 Å². The number of nitrogens with one attached hydrogen (secondary N) is 1. The van der Waals surface area contributed by atoms with Crippen LogP contribution in [0.1, 0.15) is 46.5 Å². The summed E-state index contributed by atoms with van der Waals surface area (Å²) in [6.45, 7) is 9.00. The summed E-state index contributed by atoms with van der Waals surface area (Å²) in [4.78, 5) is 25.1. The lowest BCUT2D eigenvalue weighted by Crippen LogP contribution is -2.44. The zero-order valence-electron chi connectivity index (χ0n) is 15.8. The van der Waals surface area contributed by atoms with Gasteiger partial charge in [-0.25, -0.2) is 9.78 Å². The average molecular weight is 382 g/mol. The first kappa shape index (κ1) is 19.0. The molecule has 0 bridgehead atoms. The minimum Gasteiger partial charge on any atom is -0.444 e. The number of piperidine rings is 1. The van der Waals surface area contributed by atoms with E-state index in [1.807, 2.05) is 26.8 Å². The van der Waals surface area contributed by atoms with Crippen LogP contribution < -0.4 is 10.2 Å². The van der Waals surface area contributed by atoms with Crippen LogP contribution in [-0.2, 0) is 4.74 Å². The highest BCUT2D eigenvalue weighted by molar-refractivity contribution is 6.29. The molecule has 0 saturated carbocycles. The molecule has 0 aromatic carbocycles. The highest BCUT2D eigenvalue weighted by Gasteiger charge is 2.27. The van der Waals surface area contributed by atoms with Crippen molar-refractivity contribution >= 4 is 29.5 Å². The molecule has 3 heterocycles. The zero-order valence-corrected chi connectivity index (χ0v) is 16.6. The Balaban J connectivity index is 1.55. The second kappa shape index (κ2) is 7.86. The van der Waals surface area contributed by atoms with Gasteiger partial charge in [0.1, 0.15) is 16.6 Å². The second-order valence-corrected chi connectivity index (χ2v) is 8.34. The summed E-state index contributed by atoms with van der Waals surface area (Å²) in [6.07, 6.45) is 3.79. The Hall–Kier alpha value is -1.76. The van der Waals surface area contributed by atoms with Gasteiger partial charge in [0.25, 0.3) is 0 Å². The number of amides is 1. The topological polar surface area (TPSA) is 70.6 Å². The number of rotatable bonds is 3. The quantitative estimate of drug-likeness (QED) is 0.807. The Labute approximate surface area is 160 Å². The highest BCUT2D eigenvalue weighted by Crippen LogP contribution is 2.24. The molecule has 0 radical (unpaired) electrons. The summed E-state index contributed by atoms with van der Waals surface area (Å²) < 4.78 is 5.44. The van der Waals surface area contributed by atoms with E-state index in [1.54, 1.807) is 4.90 Å². The Bertz CT molecular complexity index is 635. The molecule has 1 aromatic heterocycles. The highest BCUT2D eigenvalue weighted by atomic mass is 35.5. The lowest BCUT2D eigenvalue weighted by atomic mass is 10.1. The molecule has 1 aromatic rings. The Morgan fingerprint density at radius 1 is 1.19 bits per heavy atom. The van der Waals surface area contributed by atoms with E-state index in [0.29, 0.717) is 24.2 Å². The van der Waals surface area contributed by atoms with Crippen molar-refractivity contribution < 1.29 is 9.53 Å². The number of likely N-dealkylation sites (tertiary alicyclic amines) is 1. The molecule has 3 rings (SSSR count). The molecule has 0 spiro atoms. The molecule has 1 amide bonds. The first-order chi connectivity index (χ1) is 12.3. The SMILES string of the molecule is CC(C)(C)OC(=O)N1CCC(Nc2nc(Cl)cc(N3CCCC3)n2)CC1. The predicted molar refractivity (Wildman–Crippen MR) is 103 cm³/mol. The number of carbonyl (C=O) groups excluding carboxylic acids is 1. The largest absolute Gasteiger partial charge is 0.444 e. The fourth-order valence-electron chi connectivity index (χ4n) is 3.29. The van der Waals surface area contributed by atoms with Crippen LogP contribution in [0.4, 0.5) is 16.6 Å². The number of carbonyl (C=O) groups is 1. The van der Waals surface area contributed by atoms with Crippen LogP contribution in [-0.4, -0.2) is 58.8 Å². The minimum absolute atomic E-state index is 0.221. The number of aromatic nitrogens is 2. The third-order valence-electron chi connectivity index (χ3n) is 4.59. The van der Waals surface area contributed by atoms with Crippen molar-refractivity contribution in [2.75, 3.05) is 36.4 Å². The summed E-state index contributed by atoms with van der Waals surface area (Å²) in [5.74, 6) is 1.45. The van der Waals surface area contributed by atoms with Gasteiger partial charge in [0.15, 0.2) is 0 Å². The molecule has 0 atom stereocenters. The maximum atomic E-state index is 12.2. The number of hydrogen-bond acceptors (Lipinski definition) is 6. The molecule has 0 unspecified atom stereocenters. The van der Waals surface area contributed by atoms with E-state index in [0.717, 1.165) is 31.7 Å². The number of anilines is 2. The van der Waals surface area contributed by atoms with Crippen molar-refractivity contribution in [1.29, 1.82) is 0 Å². The molecule has 1 N–H and O–H groups in total. The van der Waals surface area contributed by atoms with Crippen molar-refractivity contribution in [3.63, 3.8) is 0 Å². The smallest absolute Gasteiger partial charge is 0.410 e. The van der Waals surface area contributed by atoms with E-state index < -0.39 is 5.60 Å². The molecule has 26 heavy (non-hydrogen) atoms. The van der Waals surface area contributed by atoms with Gasteiger partial charge >= 0.3 is 6.09 Å². The van der Waals surface area contributed by atoms with Crippen LogP contribution in [0.2, 0.25) is 5.15 Å². The Morgan fingerprint density at radius 2 is 1.85 bits per heavy atom. The monoisotopic (exact) mass is 381 g/mol. The van der Waals surface area contributed by atoms with Crippen molar-refractivity contribution in [2.24, 2.45) is 0 Å². The first-order valence-corrected chi connectivity index (χ1v) is 9.72. The van der Waals surface area contributed by atoms with E-state index in [2.05, 4.69) is 20.2 Å². The van der Waals surface area contributed by atoms with Gasteiger partial charge in [-0.1, -0.05) is 11.6 Å². The molecule has 2 saturated heterocycles. The molecule has 8 heteroatoms. The van der Waals surface area contributed by atoms with Crippen LogP contribution in [0.5, 0.6) is 0 Å². The van der Waals surface area contributed by atoms with Gasteiger partial charge in [0.2, 0.25) is 5.95 Å². The van der Waals surface area contributed by atoms with Crippen molar-refractivity contribution in [2.45, 2.75) is 58.1 Å². The summed E-state index contributed by atoms with van der Waals surface area (Å²) >= 11 is 6.19. The molecular formula is C18H28ClN5O2. The summed E-state index contributed by atoms with van der Waals surface area (Å²) in [6, 6.07) is 2.04. The summed E-state index contributed by atoms with van der Waals surface area (Å²) in [5.41, 5.74) is -0.465. The van der Waals surface area contributed by atoms with Crippen LogP contribution in [0.25, 0.3) is 0 Å². The summed E-state index contributed by atoms with van der Waals surface area (Å²) in [7, 11) is 0. The van der Waals surface area contributed by atoms with Gasteiger partial charge < -0.3 is 19.9 Å². The molecular weight excluding hydrogens is 354 g/mol. The molecule has 2 aliphatic rings. The standard InChI is InChI=1S/C18H28ClN5O2/c1-18(2,3)26-17(25)24-10-6-13(7-11-24)20-16-21-14(19)12-15(22-16)23-8-4-5-9-23/h12-13H,4-11H2,1-3H3,(H,20,21,22). The lowest BCUT2D eigenvalue weighted by molar-refractivity contribution is 0.0210. The van der Waals surface area contributed by atoms with E-state index in [4.69, 9.17) is 16.3 Å². The molecule has 2 fully saturated rings. The number of halogens is 1. The third-order valence-corrected chi connectivity index (χ3v) is 4.78. The van der Waals surface area contributed by atoms with Gasteiger partial charge in [-0.15, -0.1) is 0 Å². The fraction of sp³-hybridized carbons (Fsp3) is 0.722. The van der Waals surface area contributed by atoms with E-state index >= 15 is 0 Å². The Kier molecular flexibility index (Phi) is 5.75. The van der Waals surface area contributed by atoms with E-state index in [-0.39, 0.29) is 12.1 Å². The average Bonchev–Trinajstić information content (AvgIpc) is 3.08. The molecule has 0 aliphatic carbocycles. The lowest BCUT2D eigenvalue weighted by Gasteiger charge is -2.33. The first-order valence-electron chi connectivity index (χ1n) is 9.34. The minimum atomic E-state index is -0.465. The maximum absolute atomic E-state index is 12.2. The van der Waals surface area contributed by atoms with Gasteiger partial charge in [0, 0.05) is 38.3 Å². The van der Waals surface area contributed by atoms with Crippen LogP contribution >= 0.6 is 11.6 Å². The normalized spacial score (nSPS) is 18.9. The number of ether oxygens (including phenoxy) is 1. The third kappa shape index (κ3) is 5.13. The number of hydrogen-bond donors (Lipinski definition) is 1. The van der Waals surface area contributed by atoms with E-state index in [9.17, 15) is 4.79 Å². The number of nitrogens with zero attached hydrogens (tertiary/aromatic N) is 4. The molecule has 7 nitrogen and oxygen atoms in total. The summed E-state index contributed by atoms with van der Waals surface area (Å²) in [5, 5.41) is 3.84. The van der Waals surface area contributed by atoms with Crippen molar-refractivity contribution in [3.05, 3.63) is 11.2 Å². The Morgan fingerprint density at radius 3 is 2.46 bits per heavy atom. The van der Waals surface area contributed by atoms with Crippen molar-refractivity contribution in [3.8, 4) is 0 Å². The van der Waals surface area contributed by atoms with Gasteiger partial charge in [0.05, 0.1) is 0 Å². The predicted octanol–water partition coefficient (Wildman–Crippen LogP) is 3.54. The zero-order chi connectivity index (χ0) is 18.7. The maximum Gasteiger partial charge on any atom is 0.410 e. The molecule has 2 aliphatic heterocycles. The van der Waals surface area contributed by atoms with Crippen molar-refractivity contribution in [1.82, 2.24) is 14.9 Å². The molecule has 144 valence electrons. The second-order valence-electron chi connectivity index (χ2n) is 7.95. The van der Waals surface area contributed by atoms with Crippen LogP contribution in [0.15, 0.2) is 6.07 Å². The van der Waals surface area contributed by atoms with Gasteiger partial charge in [-0.2, -0.15) is 4.98 Å².